The van der Waals surface area contributed by atoms with Crippen LogP contribution in [0, 0.1) is 17.6 Å². The molecule has 0 bridgehead atoms. The van der Waals surface area contributed by atoms with Crippen LogP contribution in [0.1, 0.15) is 37.7 Å². The summed E-state index contributed by atoms with van der Waals surface area (Å²) in [5.74, 6) is -0.279. The monoisotopic (exact) mass is 210 g/mol. The maximum Gasteiger partial charge on any atom is 0.129 e. The molecule has 1 aliphatic carbocycles. The Labute approximate surface area is 89.3 Å². The molecule has 0 heterocycles. The first-order valence-corrected chi connectivity index (χ1v) is 5.69. The SMILES string of the molecule is Fc1ccc(CC2CCCCC2)c(F)c1. The van der Waals surface area contributed by atoms with E-state index in [2.05, 4.69) is 0 Å². The molecule has 15 heavy (non-hydrogen) atoms. The predicted molar refractivity (Wildman–Crippen MR) is 56.6 cm³/mol. The lowest BCUT2D eigenvalue weighted by molar-refractivity contribution is 0.352. The molecule has 0 radical (unpaired) electrons. The second-order valence-corrected chi connectivity index (χ2v) is 4.44. The van der Waals surface area contributed by atoms with Crippen LogP contribution in [-0.4, -0.2) is 0 Å². The summed E-state index contributed by atoms with van der Waals surface area (Å²) in [7, 11) is 0. The summed E-state index contributed by atoms with van der Waals surface area (Å²) < 4.78 is 26.1. The van der Waals surface area contributed by atoms with Crippen LogP contribution in [0.25, 0.3) is 0 Å². The summed E-state index contributed by atoms with van der Waals surface area (Å²) in [5.41, 5.74) is 0.670. The zero-order valence-electron chi connectivity index (χ0n) is 8.81. The quantitative estimate of drug-likeness (QED) is 0.689. The lowest BCUT2D eigenvalue weighted by atomic mass is 9.85. The van der Waals surface area contributed by atoms with Crippen molar-refractivity contribution in [3.8, 4) is 0 Å². The summed E-state index contributed by atoms with van der Waals surface area (Å²) in [4.78, 5) is 0. The van der Waals surface area contributed by atoms with E-state index >= 15 is 0 Å². The van der Waals surface area contributed by atoms with Gasteiger partial charge in [-0.05, 0) is 24.0 Å². The van der Waals surface area contributed by atoms with E-state index in [4.69, 9.17) is 0 Å². The second-order valence-electron chi connectivity index (χ2n) is 4.44. The summed E-state index contributed by atoms with van der Waals surface area (Å²) in [5, 5.41) is 0. The van der Waals surface area contributed by atoms with Crippen molar-refractivity contribution in [3.63, 3.8) is 0 Å². The summed E-state index contributed by atoms with van der Waals surface area (Å²) in [6.45, 7) is 0. The predicted octanol–water partition coefficient (Wildman–Crippen LogP) is 4.09. The van der Waals surface area contributed by atoms with Gasteiger partial charge < -0.3 is 0 Å². The highest BCUT2D eigenvalue weighted by atomic mass is 19.1. The van der Waals surface area contributed by atoms with Crippen LogP contribution in [0.3, 0.4) is 0 Å². The van der Waals surface area contributed by atoms with E-state index in [9.17, 15) is 8.78 Å². The molecule has 0 amide bonds. The number of halogens is 2. The Hall–Kier alpha value is -0.920. The number of rotatable bonds is 2. The van der Waals surface area contributed by atoms with Crippen LogP contribution in [0.15, 0.2) is 18.2 Å². The third-order valence-electron chi connectivity index (χ3n) is 3.25. The number of hydrogen-bond acceptors (Lipinski definition) is 0. The molecule has 1 aromatic rings. The van der Waals surface area contributed by atoms with Gasteiger partial charge in [0.05, 0.1) is 0 Å². The van der Waals surface area contributed by atoms with Crippen molar-refractivity contribution in [1.82, 2.24) is 0 Å². The Bertz CT molecular complexity index is 327. The molecule has 1 saturated carbocycles. The standard InChI is InChI=1S/C13H16F2/c14-12-7-6-11(13(15)9-12)8-10-4-2-1-3-5-10/h6-7,9-10H,1-5,8H2. The van der Waals surface area contributed by atoms with Crippen molar-refractivity contribution in [2.24, 2.45) is 5.92 Å². The molecule has 0 spiro atoms. The van der Waals surface area contributed by atoms with E-state index in [1.165, 1.54) is 38.2 Å². The molecule has 82 valence electrons. The Morgan fingerprint density at radius 3 is 2.47 bits per heavy atom. The van der Waals surface area contributed by atoms with Crippen LogP contribution in [-0.2, 0) is 6.42 Å². The van der Waals surface area contributed by atoms with Crippen molar-refractivity contribution in [3.05, 3.63) is 35.4 Å². The molecular formula is C13H16F2. The maximum atomic E-state index is 13.4. The molecule has 0 unspecified atom stereocenters. The van der Waals surface area contributed by atoms with Crippen LogP contribution >= 0.6 is 0 Å². The topological polar surface area (TPSA) is 0 Å². The van der Waals surface area contributed by atoms with Gasteiger partial charge in [0.2, 0.25) is 0 Å². The highest BCUT2D eigenvalue weighted by Crippen LogP contribution is 2.27. The zero-order valence-corrected chi connectivity index (χ0v) is 8.81. The van der Waals surface area contributed by atoms with Gasteiger partial charge in [0.15, 0.2) is 0 Å². The maximum absolute atomic E-state index is 13.4. The molecule has 0 aliphatic heterocycles. The van der Waals surface area contributed by atoms with Crippen LogP contribution < -0.4 is 0 Å². The average Bonchev–Trinajstić information content (AvgIpc) is 2.24. The fourth-order valence-electron chi connectivity index (χ4n) is 2.39. The molecule has 2 rings (SSSR count). The molecule has 0 aromatic heterocycles. The third-order valence-corrected chi connectivity index (χ3v) is 3.25. The minimum absolute atomic E-state index is 0.388. The molecule has 1 aromatic carbocycles. The average molecular weight is 210 g/mol. The van der Waals surface area contributed by atoms with Gasteiger partial charge >= 0.3 is 0 Å². The van der Waals surface area contributed by atoms with Gasteiger partial charge in [-0.3, -0.25) is 0 Å². The van der Waals surface area contributed by atoms with Crippen molar-refractivity contribution in [2.75, 3.05) is 0 Å². The first kappa shape index (κ1) is 10.6. The van der Waals surface area contributed by atoms with Gasteiger partial charge in [-0.1, -0.05) is 38.2 Å². The van der Waals surface area contributed by atoms with Gasteiger partial charge in [0, 0.05) is 6.07 Å². The van der Waals surface area contributed by atoms with E-state index in [0.717, 1.165) is 12.5 Å². The van der Waals surface area contributed by atoms with Crippen molar-refractivity contribution in [1.29, 1.82) is 0 Å². The van der Waals surface area contributed by atoms with Gasteiger partial charge in [0.1, 0.15) is 11.6 Å². The van der Waals surface area contributed by atoms with E-state index in [0.29, 0.717) is 11.5 Å². The highest BCUT2D eigenvalue weighted by Gasteiger charge is 2.15. The van der Waals surface area contributed by atoms with Crippen LogP contribution in [0.5, 0.6) is 0 Å². The minimum Gasteiger partial charge on any atom is -0.207 e. The second kappa shape index (κ2) is 4.73. The lowest BCUT2D eigenvalue weighted by Gasteiger charge is -2.21. The Morgan fingerprint density at radius 2 is 1.80 bits per heavy atom. The van der Waals surface area contributed by atoms with Gasteiger partial charge in [0.25, 0.3) is 0 Å². The molecule has 1 aliphatic rings. The third kappa shape index (κ3) is 2.77. The van der Waals surface area contributed by atoms with Crippen LogP contribution in [0.4, 0.5) is 8.78 Å². The van der Waals surface area contributed by atoms with Gasteiger partial charge in [-0.25, -0.2) is 8.78 Å². The summed E-state index contributed by atoms with van der Waals surface area (Å²) in [6.07, 6.45) is 6.98. The molecule has 1 fully saturated rings. The van der Waals surface area contributed by atoms with Crippen molar-refractivity contribution >= 4 is 0 Å². The molecule has 0 N–H and O–H groups in total. The van der Waals surface area contributed by atoms with Gasteiger partial charge in [-0.2, -0.15) is 0 Å². The lowest BCUT2D eigenvalue weighted by Crippen LogP contribution is -2.10. The number of benzene rings is 1. The molecule has 0 saturated heterocycles. The number of hydrogen-bond donors (Lipinski definition) is 0. The zero-order chi connectivity index (χ0) is 10.7. The van der Waals surface area contributed by atoms with E-state index in [1.54, 1.807) is 6.07 Å². The summed E-state index contributed by atoms with van der Waals surface area (Å²) in [6, 6.07) is 3.92. The van der Waals surface area contributed by atoms with Crippen molar-refractivity contribution < 1.29 is 8.78 Å². The molecular weight excluding hydrogens is 194 g/mol. The fraction of sp³-hybridized carbons (Fsp3) is 0.538. The Kier molecular flexibility index (Phi) is 3.34. The summed E-state index contributed by atoms with van der Waals surface area (Å²) >= 11 is 0. The van der Waals surface area contributed by atoms with E-state index in [-0.39, 0.29) is 5.82 Å². The Morgan fingerprint density at radius 1 is 1.07 bits per heavy atom. The minimum atomic E-state index is -0.486. The van der Waals surface area contributed by atoms with Crippen molar-refractivity contribution in [2.45, 2.75) is 38.5 Å². The largest absolute Gasteiger partial charge is 0.207 e. The fourth-order valence-corrected chi connectivity index (χ4v) is 2.39. The first-order chi connectivity index (χ1) is 7.25. The smallest absolute Gasteiger partial charge is 0.129 e. The van der Waals surface area contributed by atoms with Crippen LogP contribution in [0.2, 0.25) is 0 Å². The molecule has 0 nitrogen and oxygen atoms in total. The van der Waals surface area contributed by atoms with E-state index in [1.807, 2.05) is 0 Å². The van der Waals surface area contributed by atoms with Gasteiger partial charge in [-0.15, -0.1) is 0 Å². The molecule has 0 atom stereocenters. The first-order valence-electron chi connectivity index (χ1n) is 5.69. The highest BCUT2D eigenvalue weighted by molar-refractivity contribution is 5.19. The van der Waals surface area contributed by atoms with E-state index < -0.39 is 5.82 Å². The molecule has 2 heteroatoms. The Balaban J connectivity index is 2.03. The normalized spacial score (nSPS) is 18.0.